The molecule has 2 saturated heterocycles. The highest BCUT2D eigenvalue weighted by Crippen LogP contribution is 2.20. The van der Waals surface area contributed by atoms with Crippen LogP contribution in [0.2, 0.25) is 0 Å². The van der Waals surface area contributed by atoms with Crippen LogP contribution >= 0.6 is 0 Å². The second-order valence-corrected chi connectivity index (χ2v) is 5.91. The molecule has 94 valence electrons. The van der Waals surface area contributed by atoms with E-state index in [1.165, 1.54) is 45.6 Å². The molecule has 1 unspecified atom stereocenters. The van der Waals surface area contributed by atoms with Gasteiger partial charge in [0, 0.05) is 19.1 Å². The second kappa shape index (κ2) is 5.48. The van der Waals surface area contributed by atoms with Crippen molar-refractivity contribution >= 4 is 0 Å². The second-order valence-electron chi connectivity index (χ2n) is 5.91. The number of hydrogen-bond donors (Lipinski definition) is 1. The summed E-state index contributed by atoms with van der Waals surface area (Å²) in [6.45, 7) is 8.72. The van der Waals surface area contributed by atoms with E-state index in [-0.39, 0.29) is 0 Å². The molecule has 0 aromatic carbocycles. The quantitative estimate of drug-likeness (QED) is 0.769. The van der Waals surface area contributed by atoms with Gasteiger partial charge in [0.1, 0.15) is 0 Å². The number of nitrogens with one attached hydrogen (secondary N) is 1. The number of rotatable bonds is 3. The molecular weight excluding hydrogens is 198 g/mol. The van der Waals surface area contributed by atoms with Crippen LogP contribution < -0.4 is 5.32 Å². The van der Waals surface area contributed by atoms with Crippen LogP contribution in [0.5, 0.6) is 0 Å². The molecule has 0 amide bonds. The molecule has 2 rings (SSSR count). The van der Waals surface area contributed by atoms with Crippen LogP contribution in [-0.2, 0) is 0 Å². The molecule has 0 aromatic rings. The predicted molar refractivity (Wildman–Crippen MR) is 68.7 cm³/mol. The Morgan fingerprint density at radius 2 is 2.12 bits per heavy atom. The fourth-order valence-electron chi connectivity index (χ4n) is 3.06. The number of hydrogen-bond acceptors (Lipinski definition) is 3. The summed E-state index contributed by atoms with van der Waals surface area (Å²) in [5, 5.41) is 3.51. The number of nitrogens with zero attached hydrogens (tertiary/aromatic N) is 2. The van der Waals surface area contributed by atoms with E-state index in [1.54, 1.807) is 0 Å². The standard InChI is InChI=1S/C13H27N3/c1-11-7-14-8-12(11)9-16-6-4-5-13(10-16)15(2)3/h11-14H,4-10H2,1-3H3/t11-,12+,13?/m1/s1. The van der Waals surface area contributed by atoms with Crippen molar-refractivity contribution in [2.45, 2.75) is 25.8 Å². The van der Waals surface area contributed by atoms with Gasteiger partial charge in [-0.1, -0.05) is 6.92 Å². The van der Waals surface area contributed by atoms with Gasteiger partial charge in [-0.05, 0) is 58.4 Å². The lowest BCUT2D eigenvalue weighted by atomic mass is 9.96. The van der Waals surface area contributed by atoms with E-state index >= 15 is 0 Å². The van der Waals surface area contributed by atoms with Gasteiger partial charge in [0.15, 0.2) is 0 Å². The fraction of sp³-hybridized carbons (Fsp3) is 1.00. The maximum Gasteiger partial charge on any atom is 0.0217 e. The van der Waals surface area contributed by atoms with Crippen molar-refractivity contribution in [3.63, 3.8) is 0 Å². The van der Waals surface area contributed by atoms with Crippen molar-refractivity contribution < 1.29 is 0 Å². The molecule has 0 aliphatic carbocycles. The minimum Gasteiger partial charge on any atom is -0.316 e. The molecule has 0 bridgehead atoms. The normalized spacial score (nSPS) is 37.1. The first-order chi connectivity index (χ1) is 7.66. The summed E-state index contributed by atoms with van der Waals surface area (Å²) < 4.78 is 0. The molecule has 3 atom stereocenters. The lowest BCUT2D eigenvalue weighted by Crippen LogP contribution is -2.47. The largest absolute Gasteiger partial charge is 0.316 e. The van der Waals surface area contributed by atoms with Gasteiger partial charge in [0.05, 0.1) is 0 Å². The van der Waals surface area contributed by atoms with Crippen molar-refractivity contribution in [2.24, 2.45) is 11.8 Å². The van der Waals surface area contributed by atoms with Crippen molar-refractivity contribution in [2.75, 3.05) is 46.8 Å². The Morgan fingerprint density at radius 3 is 2.75 bits per heavy atom. The van der Waals surface area contributed by atoms with E-state index in [9.17, 15) is 0 Å². The van der Waals surface area contributed by atoms with E-state index in [4.69, 9.17) is 0 Å². The summed E-state index contributed by atoms with van der Waals surface area (Å²) in [4.78, 5) is 5.07. The Hall–Kier alpha value is -0.120. The van der Waals surface area contributed by atoms with Crippen LogP contribution in [0.1, 0.15) is 19.8 Å². The Labute approximate surface area is 100 Å². The lowest BCUT2D eigenvalue weighted by Gasteiger charge is -2.37. The zero-order valence-corrected chi connectivity index (χ0v) is 11.1. The van der Waals surface area contributed by atoms with E-state index in [0.29, 0.717) is 0 Å². The molecule has 16 heavy (non-hydrogen) atoms. The number of likely N-dealkylation sites (tertiary alicyclic amines) is 1. The Morgan fingerprint density at radius 1 is 1.31 bits per heavy atom. The van der Waals surface area contributed by atoms with E-state index in [1.807, 2.05) is 0 Å². The molecule has 0 saturated carbocycles. The molecule has 0 aromatic heterocycles. The molecule has 2 heterocycles. The summed E-state index contributed by atoms with van der Waals surface area (Å²) in [5.41, 5.74) is 0. The highest BCUT2D eigenvalue weighted by Gasteiger charge is 2.28. The zero-order chi connectivity index (χ0) is 11.5. The van der Waals surface area contributed by atoms with Crippen molar-refractivity contribution in [1.82, 2.24) is 15.1 Å². The summed E-state index contributed by atoms with van der Waals surface area (Å²) in [5.74, 6) is 1.74. The van der Waals surface area contributed by atoms with Gasteiger partial charge < -0.3 is 15.1 Å². The van der Waals surface area contributed by atoms with E-state index in [2.05, 4.69) is 36.1 Å². The minimum atomic E-state index is 0.776. The van der Waals surface area contributed by atoms with Gasteiger partial charge in [-0.25, -0.2) is 0 Å². The first kappa shape index (κ1) is 12.3. The summed E-state index contributed by atoms with van der Waals surface area (Å²) in [7, 11) is 4.43. The van der Waals surface area contributed by atoms with Crippen molar-refractivity contribution in [1.29, 1.82) is 0 Å². The van der Waals surface area contributed by atoms with Crippen LogP contribution in [0, 0.1) is 11.8 Å². The molecule has 0 spiro atoms. The topological polar surface area (TPSA) is 18.5 Å². The molecule has 3 heteroatoms. The molecule has 3 nitrogen and oxygen atoms in total. The Balaban J connectivity index is 1.80. The van der Waals surface area contributed by atoms with Crippen LogP contribution in [0.3, 0.4) is 0 Å². The molecule has 2 aliphatic heterocycles. The summed E-state index contributed by atoms with van der Waals surface area (Å²) in [6.07, 6.45) is 2.75. The van der Waals surface area contributed by atoms with Crippen LogP contribution in [0.4, 0.5) is 0 Å². The average Bonchev–Trinajstić information content (AvgIpc) is 2.65. The third-order valence-corrected chi connectivity index (χ3v) is 4.38. The highest BCUT2D eigenvalue weighted by molar-refractivity contribution is 4.84. The van der Waals surface area contributed by atoms with Gasteiger partial charge in [0.25, 0.3) is 0 Å². The Kier molecular flexibility index (Phi) is 4.22. The van der Waals surface area contributed by atoms with Gasteiger partial charge in [-0.15, -0.1) is 0 Å². The van der Waals surface area contributed by atoms with Crippen LogP contribution in [0.25, 0.3) is 0 Å². The average molecular weight is 225 g/mol. The third-order valence-electron chi connectivity index (χ3n) is 4.38. The lowest BCUT2D eigenvalue weighted by molar-refractivity contribution is 0.115. The molecular formula is C13H27N3. The maximum atomic E-state index is 3.51. The fourth-order valence-corrected chi connectivity index (χ4v) is 3.06. The third kappa shape index (κ3) is 2.96. The summed E-state index contributed by atoms with van der Waals surface area (Å²) >= 11 is 0. The highest BCUT2D eigenvalue weighted by atomic mass is 15.2. The smallest absolute Gasteiger partial charge is 0.0217 e. The molecule has 2 fully saturated rings. The predicted octanol–water partition coefficient (Wildman–Crippen LogP) is 0.868. The van der Waals surface area contributed by atoms with Crippen molar-refractivity contribution in [3.8, 4) is 0 Å². The SMILES string of the molecule is C[C@@H]1CNC[C@H]1CN1CCCC(N(C)C)C1. The van der Waals surface area contributed by atoms with Crippen molar-refractivity contribution in [3.05, 3.63) is 0 Å². The first-order valence-electron chi connectivity index (χ1n) is 6.76. The maximum absolute atomic E-state index is 3.51. The number of likely N-dealkylation sites (N-methyl/N-ethyl adjacent to an activating group) is 1. The number of piperidine rings is 1. The van der Waals surface area contributed by atoms with E-state index in [0.717, 1.165) is 17.9 Å². The monoisotopic (exact) mass is 225 g/mol. The van der Waals surface area contributed by atoms with Crippen LogP contribution in [0.15, 0.2) is 0 Å². The van der Waals surface area contributed by atoms with Gasteiger partial charge in [0.2, 0.25) is 0 Å². The molecule has 1 N–H and O–H groups in total. The van der Waals surface area contributed by atoms with Gasteiger partial charge in [-0.2, -0.15) is 0 Å². The molecule has 2 aliphatic rings. The minimum absolute atomic E-state index is 0.776. The summed E-state index contributed by atoms with van der Waals surface area (Å²) in [6, 6.07) is 0.776. The van der Waals surface area contributed by atoms with Gasteiger partial charge in [-0.3, -0.25) is 0 Å². The van der Waals surface area contributed by atoms with Gasteiger partial charge >= 0.3 is 0 Å². The zero-order valence-electron chi connectivity index (χ0n) is 11.1. The van der Waals surface area contributed by atoms with Crippen LogP contribution in [-0.4, -0.2) is 62.7 Å². The molecule has 0 radical (unpaired) electrons. The first-order valence-corrected chi connectivity index (χ1v) is 6.76. The Bertz CT molecular complexity index is 217. The van der Waals surface area contributed by atoms with E-state index < -0.39 is 0 Å².